The van der Waals surface area contributed by atoms with Crippen molar-refractivity contribution in [3.8, 4) is 39.5 Å². The van der Waals surface area contributed by atoms with Gasteiger partial charge in [0.25, 0.3) is 0 Å². The van der Waals surface area contributed by atoms with Gasteiger partial charge in [-0.3, -0.25) is 19.6 Å². The van der Waals surface area contributed by atoms with E-state index in [4.69, 9.17) is 32.9 Å². The quantitative estimate of drug-likeness (QED) is 0.169. The van der Waals surface area contributed by atoms with Gasteiger partial charge < -0.3 is 26.0 Å². The molecule has 4 heterocycles. The number of halogens is 2. The molecule has 46 heavy (non-hydrogen) atoms. The fraction of sp³-hybridized carbons (Fsp3) is 0.324. The molecule has 2 amide bonds. The number of hydrogen-bond donors (Lipinski definition) is 4. The van der Waals surface area contributed by atoms with Gasteiger partial charge in [0.05, 0.1) is 46.6 Å². The number of carbonyl (C=O) groups excluding carboxylic acids is 2. The van der Waals surface area contributed by atoms with Crippen LogP contribution >= 0.6 is 23.2 Å². The zero-order valence-electron chi connectivity index (χ0n) is 25.4. The number of rotatable bonds is 12. The number of nitrogens with one attached hydrogen (secondary N) is 4. The number of pyridine rings is 1. The van der Waals surface area contributed by atoms with Gasteiger partial charge in [-0.25, -0.2) is 4.98 Å². The Morgan fingerprint density at radius 1 is 0.761 bits per heavy atom. The van der Waals surface area contributed by atoms with Crippen LogP contribution in [-0.4, -0.2) is 59.0 Å². The lowest BCUT2D eigenvalue weighted by atomic mass is 9.98. The molecule has 2 atom stereocenters. The average molecular weight is 661 g/mol. The second kappa shape index (κ2) is 14.6. The van der Waals surface area contributed by atoms with Crippen LogP contribution in [0.25, 0.3) is 33.6 Å². The van der Waals surface area contributed by atoms with Crippen LogP contribution in [0.3, 0.4) is 0 Å². The van der Waals surface area contributed by atoms with Gasteiger partial charge >= 0.3 is 0 Å². The number of carbonyl (C=O) groups is 2. The highest BCUT2D eigenvalue weighted by atomic mass is 35.5. The van der Waals surface area contributed by atoms with Crippen LogP contribution in [-0.2, 0) is 22.7 Å². The number of methoxy groups -OCH3 is 1. The van der Waals surface area contributed by atoms with E-state index in [1.807, 2.05) is 48.5 Å². The highest BCUT2D eigenvalue weighted by Crippen LogP contribution is 2.42. The minimum absolute atomic E-state index is 0.0999. The molecule has 2 aliphatic rings. The molecule has 2 fully saturated rings. The molecule has 10 nitrogen and oxygen atoms in total. The lowest BCUT2D eigenvalue weighted by molar-refractivity contribution is -0.120. The van der Waals surface area contributed by atoms with Crippen molar-refractivity contribution in [1.82, 2.24) is 36.2 Å². The molecule has 0 bridgehead atoms. The van der Waals surface area contributed by atoms with Crippen molar-refractivity contribution >= 4 is 35.0 Å². The summed E-state index contributed by atoms with van der Waals surface area (Å²) < 4.78 is 5.63. The van der Waals surface area contributed by atoms with Crippen LogP contribution in [0.2, 0.25) is 10.0 Å². The lowest BCUT2D eigenvalue weighted by Gasteiger charge is -2.15. The van der Waals surface area contributed by atoms with Crippen molar-refractivity contribution in [2.24, 2.45) is 0 Å². The van der Waals surface area contributed by atoms with Crippen molar-refractivity contribution < 1.29 is 14.3 Å². The average Bonchev–Trinajstić information content (AvgIpc) is 3.69. The first-order valence-electron chi connectivity index (χ1n) is 15.3. The molecule has 0 spiro atoms. The second-order valence-electron chi connectivity index (χ2n) is 11.5. The molecule has 12 heteroatoms. The van der Waals surface area contributed by atoms with Gasteiger partial charge in [0.2, 0.25) is 17.7 Å². The smallest absolute Gasteiger partial charge is 0.220 e. The summed E-state index contributed by atoms with van der Waals surface area (Å²) in [5, 5.41) is 13.7. The molecule has 2 aromatic carbocycles. The summed E-state index contributed by atoms with van der Waals surface area (Å²) in [7, 11) is 1.60. The van der Waals surface area contributed by atoms with E-state index in [0.717, 1.165) is 46.4 Å². The summed E-state index contributed by atoms with van der Waals surface area (Å²) in [5.74, 6) is 0.707. The first-order valence-corrected chi connectivity index (χ1v) is 16.1. The first-order chi connectivity index (χ1) is 22.4. The normalized spacial score (nSPS) is 17.6. The number of aromatic nitrogens is 3. The zero-order chi connectivity index (χ0) is 32.0. The van der Waals surface area contributed by atoms with Crippen LogP contribution in [0.1, 0.15) is 36.9 Å². The Morgan fingerprint density at radius 3 is 1.89 bits per heavy atom. The molecule has 4 aromatic rings. The van der Waals surface area contributed by atoms with Crippen molar-refractivity contribution in [2.45, 2.75) is 50.9 Å². The molecule has 2 saturated heterocycles. The van der Waals surface area contributed by atoms with E-state index >= 15 is 0 Å². The Balaban J connectivity index is 1.17. The minimum Gasteiger partial charge on any atom is -0.481 e. The van der Waals surface area contributed by atoms with Gasteiger partial charge in [-0.1, -0.05) is 65.7 Å². The molecular weight excluding hydrogens is 625 g/mol. The van der Waals surface area contributed by atoms with Crippen LogP contribution < -0.4 is 26.0 Å². The summed E-state index contributed by atoms with van der Waals surface area (Å²) in [6, 6.07) is 15.7. The number of amides is 2. The van der Waals surface area contributed by atoms with Crippen LogP contribution in [0.4, 0.5) is 0 Å². The molecule has 0 radical (unpaired) electrons. The Hall–Kier alpha value is -4.09. The number of hydrogen-bond acceptors (Lipinski definition) is 8. The fourth-order valence-electron chi connectivity index (χ4n) is 5.81. The van der Waals surface area contributed by atoms with Gasteiger partial charge in [-0.05, 0) is 18.9 Å². The van der Waals surface area contributed by atoms with Crippen molar-refractivity contribution in [2.75, 3.05) is 20.2 Å². The third-order valence-electron chi connectivity index (χ3n) is 8.25. The van der Waals surface area contributed by atoms with E-state index in [-0.39, 0.29) is 23.9 Å². The maximum absolute atomic E-state index is 11.5. The van der Waals surface area contributed by atoms with Gasteiger partial charge in [0, 0.05) is 78.9 Å². The minimum atomic E-state index is 0.0999. The van der Waals surface area contributed by atoms with Crippen molar-refractivity contribution in [3.63, 3.8) is 0 Å². The summed E-state index contributed by atoms with van der Waals surface area (Å²) in [6.07, 6.45) is 6.29. The van der Waals surface area contributed by atoms with E-state index in [1.54, 1.807) is 19.5 Å². The molecular formula is C34H35Cl2N7O3. The molecule has 2 aromatic heterocycles. The monoisotopic (exact) mass is 659 g/mol. The van der Waals surface area contributed by atoms with Gasteiger partial charge in [-0.2, -0.15) is 0 Å². The molecule has 0 saturated carbocycles. The summed E-state index contributed by atoms with van der Waals surface area (Å²) in [5.41, 5.74) is 6.06. The predicted molar refractivity (Wildman–Crippen MR) is 178 cm³/mol. The summed E-state index contributed by atoms with van der Waals surface area (Å²) in [6.45, 7) is 2.47. The third kappa shape index (κ3) is 7.31. The fourth-order valence-corrected chi connectivity index (χ4v) is 6.46. The molecule has 2 aliphatic heterocycles. The van der Waals surface area contributed by atoms with E-state index in [2.05, 4.69) is 31.2 Å². The van der Waals surface area contributed by atoms with Crippen molar-refractivity contribution in [1.29, 1.82) is 0 Å². The Kier molecular flexibility index (Phi) is 10.1. The molecule has 4 N–H and O–H groups in total. The Morgan fingerprint density at radius 2 is 1.35 bits per heavy atom. The Bertz CT molecular complexity index is 1730. The lowest BCUT2D eigenvalue weighted by Crippen LogP contribution is -2.35. The molecule has 238 valence electrons. The number of nitrogens with zero attached hydrogens (tertiary/aromatic N) is 3. The van der Waals surface area contributed by atoms with Gasteiger partial charge in [0.1, 0.15) is 0 Å². The highest BCUT2D eigenvalue weighted by Gasteiger charge is 2.22. The highest BCUT2D eigenvalue weighted by molar-refractivity contribution is 6.39. The van der Waals surface area contributed by atoms with Crippen LogP contribution in [0.5, 0.6) is 5.88 Å². The van der Waals surface area contributed by atoms with Gasteiger partial charge in [-0.15, -0.1) is 0 Å². The standard InChI is InChI=1S/C34H35Cl2N7O3/c1-46-34-20(14-37-15-21-9-12-30(44)41-21)8-11-28(43-34)26-6-2-4-24(32(26)35)25-5-3-7-27(33(25)36)29-19-39-23(18-40-29)17-38-16-22-10-13-31(45)42-22/h2-8,11,18-19,21-22,37-38H,9-10,12-17H2,1H3,(H,41,44)(H,42,45). The molecule has 0 aliphatic carbocycles. The topological polar surface area (TPSA) is 130 Å². The second-order valence-corrected chi connectivity index (χ2v) is 12.2. The summed E-state index contributed by atoms with van der Waals surface area (Å²) in [4.78, 5) is 36.9. The van der Waals surface area contributed by atoms with Crippen LogP contribution in [0, 0.1) is 0 Å². The SMILES string of the molecule is COc1nc(-c2cccc(-c3cccc(-c4cnc(CNCC5CCC(=O)N5)cn4)c3Cl)c2Cl)ccc1CNCC1CCC(=O)N1. The number of ether oxygens (including phenoxy) is 1. The van der Waals surface area contributed by atoms with E-state index in [0.29, 0.717) is 66.3 Å². The third-order valence-corrected chi connectivity index (χ3v) is 9.06. The van der Waals surface area contributed by atoms with E-state index in [9.17, 15) is 9.59 Å². The summed E-state index contributed by atoms with van der Waals surface area (Å²) >= 11 is 14.0. The zero-order valence-corrected chi connectivity index (χ0v) is 26.9. The number of benzene rings is 2. The predicted octanol–water partition coefficient (Wildman–Crippen LogP) is 4.92. The van der Waals surface area contributed by atoms with E-state index in [1.165, 1.54) is 0 Å². The van der Waals surface area contributed by atoms with Crippen LogP contribution in [0.15, 0.2) is 60.9 Å². The largest absolute Gasteiger partial charge is 0.481 e. The molecule has 2 unspecified atom stereocenters. The van der Waals surface area contributed by atoms with E-state index < -0.39 is 0 Å². The maximum Gasteiger partial charge on any atom is 0.220 e. The molecule has 6 rings (SSSR count). The Labute approximate surface area is 277 Å². The van der Waals surface area contributed by atoms with Crippen molar-refractivity contribution in [3.05, 3.63) is 82.2 Å². The van der Waals surface area contributed by atoms with Gasteiger partial charge in [0.15, 0.2) is 0 Å². The maximum atomic E-state index is 11.5. The first kappa shape index (κ1) is 31.9.